The van der Waals surface area contributed by atoms with Crippen LogP contribution in [0.1, 0.15) is 200 Å². The molecule has 0 N–H and O–H groups in total. The average Bonchev–Trinajstić information content (AvgIpc) is 1.56. The molecule has 0 atom stereocenters. The van der Waals surface area contributed by atoms with E-state index < -0.39 is 0 Å². The van der Waals surface area contributed by atoms with Gasteiger partial charge in [-0.25, -0.2) is 0 Å². The smallest absolute Gasteiger partial charge is 0.0159 e. The predicted molar refractivity (Wildman–Crippen MR) is 530 cm³/mol. The summed E-state index contributed by atoms with van der Waals surface area (Å²) in [4.78, 5) is 0. The molecule has 8 aliphatic carbocycles. The Morgan fingerprint density at radius 1 is 0.0952 bits per heavy atom. The second-order valence-electron chi connectivity index (χ2n) is 42.3. The van der Waals surface area contributed by atoms with Gasteiger partial charge in [-0.15, -0.1) is 0 Å². The maximum atomic E-state index is 2.63. The normalized spacial score (nSPS) is 16.8. The van der Waals surface area contributed by atoms with Gasteiger partial charge < -0.3 is 0 Å². The number of fused-ring (bicyclic) bond motifs is 24. The van der Waals surface area contributed by atoms with Gasteiger partial charge in [-0.3, -0.25) is 0 Å². The van der Waals surface area contributed by atoms with Crippen molar-refractivity contribution in [3.05, 3.63) is 417 Å². The van der Waals surface area contributed by atoms with Crippen molar-refractivity contribution in [2.45, 2.75) is 154 Å². The second-order valence-corrected chi connectivity index (χ2v) is 42.3. The predicted octanol–water partition coefficient (Wildman–Crippen LogP) is 33.5. The summed E-state index contributed by atoms with van der Waals surface area (Å²) < 4.78 is 0. The zero-order valence-electron chi connectivity index (χ0n) is 75.2. The fourth-order valence-electron chi connectivity index (χ4n) is 25.4. The van der Waals surface area contributed by atoms with Crippen molar-refractivity contribution in [1.82, 2.24) is 0 Å². The standard InChI is InChI=1S/C126H102/c1-119(2)103-29-21-17-25-83(103)87-45-33-71(57-107(87)119)75-37-49-91-95-53-41-79(65-115(95)123(9,10)111(91)61-75)99-69-101(81-43-55-97-93-51-39-77(63-113(93)125(13,14)117(97)67-81)73-35-47-89-85-27-19-23-31-105(85)121(5,6)109(89)59-73)102(82-44-56-98-94-52-40-78(64-114(94)126(15,16)118(98)68-82)74-36-48-90-86-28-20-24-32-106(86)122(7,8)110(90)60-74)70-100(99)80-42-54-96-92-50-38-76(62-112(92)124(11,12)116(96)66-80)72-34-46-88-84-26-18-22-30-104(84)120(3,4)108(88)58-72/h17-70H,1-16H3. The lowest BCUT2D eigenvalue weighted by molar-refractivity contribution is 0.659. The fraction of sp³-hybridized carbons (Fsp3) is 0.190. The highest BCUT2D eigenvalue weighted by Crippen LogP contribution is 2.62. The van der Waals surface area contributed by atoms with Crippen LogP contribution in [0.3, 0.4) is 0 Å². The zero-order chi connectivity index (χ0) is 85.9. The van der Waals surface area contributed by atoms with Crippen LogP contribution in [0.25, 0.3) is 178 Å². The fourth-order valence-corrected chi connectivity index (χ4v) is 25.4. The van der Waals surface area contributed by atoms with E-state index in [9.17, 15) is 0 Å². The molecule has 17 aromatic rings. The van der Waals surface area contributed by atoms with Gasteiger partial charge in [0.2, 0.25) is 0 Å². The van der Waals surface area contributed by atoms with Crippen LogP contribution in [-0.4, -0.2) is 0 Å². The monoisotopic (exact) mass is 1610 g/mol. The van der Waals surface area contributed by atoms with Gasteiger partial charge in [0.25, 0.3) is 0 Å². The van der Waals surface area contributed by atoms with Gasteiger partial charge in [0.05, 0.1) is 0 Å². The van der Waals surface area contributed by atoms with Crippen LogP contribution in [0.5, 0.6) is 0 Å². The largest absolute Gasteiger partial charge is 0.0619 e. The summed E-state index contributed by atoms with van der Waals surface area (Å²) in [5, 5.41) is 0. The van der Waals surface area contributed by atoms with Gasteiger partial charge in [0.15, 0.2) is 0 Å². The molecule has 0 aromatic heterocycles. The van der Waals surface area contributed by atoms with Gasteiger partial charge in [0.1, 0.15) is 0 Å². The van der Waals surface area contributed by atoms with Crippen molar-refractivity contribution in [3.63, 3.8) is 0 Å². The van der Waals surface area contributed by atoms with E-state index in [-0.39, 0.29) is 43.3 Å². The highest BCUT2D eigenvalue weighted by Gasteiger charge is 2.45. The van der Waals surface area contributed by atoms with Gasteiger partial charge in [0, 0.05) is 43.3 Å². The second kappa shape index (κ2) is 25.3. The number of benzene rings is 17. The molecule has 0 nitrogen and oxygen atoms in total. The Morgan fingerprint density at radius 2 is 0.206 bits per heavy atom. The lowest BCUT2D eigenvalue weighted by Crippen LogP contribution is -2.16. The minimum absolute atomic E-state index is 0.0987. The van der Waals surface area contributed by atoms with Crippen LogP contribution in [0, 0.1) is 0 Å². The summed E-state index contributed by atoms with van der Waals surface area (Å²) in [6, 6.07) is 130. The number of hydrogen-bond acceptors (Lipinski definition) is 0. The third-order valence-corrected chi connectivity index (χ3v) is 32.8. The maximum Gasteiger partial charge on any atom is 0.0159 e. The molecule has 8 aliphatic rings. The third kappa shape index (κ3) is 10.1. The summed E-state index contributed by atoms with van der Waals surface area (Å²) in [7, 11) is 0. The Balaban J connectivity index is 0.657. The molecule has 0 radical (unpaired) electrons. The Labute approximate surface area is 743 Å². The van der Waals surface area contributed by atoms with Crippen LogP contribution < -0.4 is 0 Å². The Bertz CT molecular complexity index is 6890. The van der Waals surface area contributed by atoms with Crippen molar-refractivity contribution >= 4 is 0 Å². The van der Waals surface area contributed by atoms with E-state index >= 15 is 0 Å². The van der Waals surface area contributed by atoms with Crippen LogP contribution >= 0.6 is 0 Å². The summed E-state index contributed by atoms with van der Waals surface area (Å²) >= 11 is 0. The molecule has 17 aromatic carbocycles. The number of hydrogen-bond donors (Lipinski definition) is 0. The minimum atomic E-state index is -0.321. The van der Waals surface area contributed by atoms with E-state index in [1.807, 2.05) is 0 Å². The molecule has 0 spiro atoms. The molecule has 25 rings (SSSR count). The van der Waals surface area contributed by atoms with Crippen molar-refractivity contribution in [2.75, 3.05) is 0 Å². The summed E-state index contributed by atoms with van der Waals surface area (Å²) in [5.41, 5.74) is 61.5. The third-order valence-electron chi connectivity index (χ3n) is 32.8. The quantitative estimate of drug-likeness (QED) is 0.142. The minimum Gasteiger partial charge on any atom is -0.0619 e. The molecule has 606 valence electrons. The van der Waals surface area contributed by atoms with E-state index in [1.54, 1.807) is 0 Å². The molecule has 0 heteroatoms. The van der Waals surface area contributed by atoms with Gasteiger partial charge in [-0.05, 0) is 352 Å². The Hall–Kier alpha value is -13.3. The lowest BCUT2D eigenvalue weighted by atomic mass is 9.77. The van der Waals surface area contributed by atoms with E-state index in [4.69, 9.17) is 0 Å². The molecule has 0 fully saturated rings. The van der Waals surface area contributed by atoms with Crippen molar-refractivity contribution < 1.29 is 0 Å². The molecule has 0 bridgehead atoms. The topological polar surface area (TPSA) is 0 Å². The van der Waals surface area contributed by atoms with E-state index in [0.717, 1.165) is 0 Å². The van der Waals surface area contributed by atoms with Crippen molar-refractivity contribution in [2.24, 2.45) is 0 Å². The van der Waals surface area contributed by atoms with Crippen LogP contribution in [0.15, 0.2) is 328 Å². The first-order chi connectivity index (χ1) is 60.4. The molecule has 0 unspecified atom stereocenters. The van der Waals surface area contributed by atoms with Gasteiger partial charge in [-0.1, -0.05) is 353 Å². The van der Waals surface area contributed by atoms with E-state index in [1.165, 1.54) is 267 Å². The van der Waals surface area contributed by atoms with Crippen LogP contribution in [0.4, 0.5) is 0 Å². The molecule has 0 saturated heterocycles. The number of rotatable bonds is 8. The summed E-state index contributed by atoms with van der Waals surface area (Å²) in [6.45, 7) is 38.9. The van der Waals surface area contributed by atoms with E-state index in [2.05, 4.69) is 438 Å². The SMILES string of the molecule is CC1(C)c2ccccc2-c2ccc(-c3ccc4c(c3)C(C)(C)c3cc(-c5cc(-c6ccc7c(c6)C(C)(C)c6cc(-c8ccc9c(c8)C(C)(C)c8ccccc8-9)ccc6-7)c(-c6ccc7c(c6)C(C)(C)c6cc(-c8ccc9c(c8)C(C)(C)c8ccccc8-9)ccc6-7)cc5-c5ccc6c(c5)C(C)(C)c5cc(-c7ccc8c(c7)C(C)(C)c7ccccc7-8)ccc5-6)ccc3-4)cc21. The first-order valence-corrected chi connectivity index (χ1v) is 45.8. The van der Waals surface area contributed by atoms with Crippen LogP contribution in [-0.2, 0) is 43.3 Å². The highest BCUT2D eigenvalue weighted by molar-refractivity contribution is 6.01. The molecule has 0 heterocycles. The Kier molecular flexibility index (Phi) is 15.1. The first kappa shape index (κ1) is 75.3. The summed E-state index contributed by atoms with van der Waals surface area (Å²) in [5.74, 6) is 0. The zero-order valence-corrected chi connectivity index (χ0v) is 75.2. The van der Waals surface area contributed by atoms with Gasteiger partial charge >= 0.3 is 0 Å². The highest BCUT2D eigenvalue weighted by atomic mass is 14.5. The molecular weight excluding hydrogens is 1510 g/mol. The van der Waals surface area contributed by atoms with Crippen molar-refractivity contribution in [3.8, 4) is 178 Å². The average molecular weight is 1620 g/mol. The van der Waals surface area contributed by atoms with Crippen LogP contribution in [0.2, 0.25) is 0 Å². The summed E-state index contributed by atoms with van der Waals surface area (Å²) in [6.07, 6.45) is 0. The lowest BCUT2D eigenvalue weighted by Gasteiger charge is -2.26. The molecule has 0 aliphatic heterocycles. The Morgan fingerprint density at radius 3 is 0.357 bits per heavy atom. The first-order valence-electron chi connectivity index (χ1n) is 45.8. The molecule has 126 heavy (non-hydrogen) atoms. The van der Waals surface area contributed by atoms with Gasteiger partial charge in [-0.2, -0.15) is 0 Å². The molecule has 0 amide bonds. The maximum absolute atomic E-state index is 2.63. The molecule has 0 saturated carbocycles. The van der Waals surface area contributed by atoms with E-state index in [0.29, 0.717) is 0 Å². The van der Waals surface area contributed by atoms with Crippen molar-refractivity contribution in [1.29, 1.82) is 0 Å². The molecular formula is C126H102.